The van der Waals surface area contributed by atoms with Gasteiger partial charge < -0.3 is 11.1 Å². The largest absolute Gasteiger partial charge is 0.385 e. The summed E-state index contributed by atoms with van der Waals surface area (Å²) in [6.45, 7) is 3.90. The first-order valence-electron chi connectivity index (χ1n) is 12.9. The van der Waals surface area contributed by atoms with Crippen LogP contribution in [0.15, 0.2) is 60.7 Å². The maximum absolute atomic E-state index is 13.4. The molecular formula is C31H36N2O. The van der Waals surface area contributed by atoms with Crippen LogP contribution in [0.4, 0.5) is 5.69 Å². The molecule has 1 spiro atoms. The summed E-state index contributed by atoms with van der Waals surface area (Å²) >= 11 is 0. The van der Waals surface area contributed by atoms with E-state index in [4.69, 9.17) is 5.73 Å². The number of fused-ring (bicyclic) bond motifs is 6. The van der Waals surface area contributed by atoms with Crippen molar-refractivity contribution in [3.63, 3.8) is 0 Å². The normalized spacial score (nSPS) is 18.0. The Hall–Kier alpha value is -2.91. The molecule has 2 aliphatic carbocycles. The van der Waals surface area contributed by atoms with Crippen LogP contribution in [-0.2, 0) is 11.8 Å². The second-order valence-corrected chi connectivity index (χ2v) is 10.1. The summed E-state index contributed by atoms with van der Waals surface area (Å²) in [4.78, 5) is 13.4. The fourth-order valence-electron chi connectivity index (χ4n) is 6.10. The van der Waals surface area contributed by atoms with Crippen LogP contribution in [0.2, 0.25) is 0 Å². The molecule has 0 aromatic heterocycles. The van der Waals surface area contributed by atoms with E-state index < -0.39 is 0 Å². The maximum atomic E-state index is 13.4. The Bertz CT molecular complexity index is 1200. The van der Waals surface area contributed by atoms with Gasteiger partial charge in [0.05, 0.1) is 5.41 Å². The number of nitrogens with one attached hydrogen (secondary N) is 1. The Morgan fingerprint density at radius 1 is 0.824 bits per heavy atom. The first-order valence-corrected chi connectivity index (χ1v) is 12.9. The van der Waals surface area contributed by atoms with E-state index in [1.807, 2.05) is 0 Å². The van der Waals surface area contributed by atoms with Gasteiger partial charge in [0.25, 0.3) is 0 Å². The van der Waals surface area contributed by atoms with Gasteiger partial charge in [0.2, 0.25) is 0 Å². The third kappa shape index (κ3) is 4.07. The van der Waals surface area contributed by atoms with Crippen molar-refractivity contribution in [3.05, 3.63) is 99.6 Å². The number of carbonyl (C=O) groups is 1. The number of rotatable bonds is 9. The number of anilines is 1. The van der Waals surface area contributed by atoms with Crippen LogP contribution in [0, 0.1) is 6.92 Å². The van der Waals surface area contributed by atoms with E-state index >= 15 is 0 Å². The average molecular weight is 453 g/mol. The molecule has 5 rings (SSSR count). The van der Waals surface area contributed by atoms with Crippen molar-refractivity contribution < 1.29 is 4.79 Å². The summed E-state index contributed by atoms with van der Waals surface area (Å²) in [7, 11) is 0. The highest BCUT2D eigenvalue weighted by Gasteiger charge is 2.49. The van der Waals surface area contributed by atoms with E-state index in [0.29, 0.717) is 6.42 Å². The summed E-state index contributed by atoms with van der Waals surface area (Å²) in [6, 6.07) is 22.0. The molecule has 0 aliphatic heterocycles. The maximum Gasteiger partial charge on any atom is 0.164 e. The average Bonchev–Trinajstić information content (AvgIpc) is 3.13. The molecule has 0 bridgehead atoms. The van der Waals surface area contributed by atoms with E-state index in [1.54, 1.807) is 0 Å². The van der Waals surface area contributed by atoms with Crippen LogP contribution in [-0.4, -0.2) is 18.9 Å². The standard InChI is InChI=1S/C31H36N2O/c1-22-12-14-28-24(18-22)19-23-10-6-7-11-27(23)31(28)21-30(34)26-20-25(13-15-29(26)31)33-17-9-5-3-2-4-8-16-32/h6-7,10-15,18,20,33H,2-5,8-9,16-17,19,21,32H2,1H3. The van der Waals surface area contributed by atoms with E-state index in [-0.39, 0.29) is 11.2 Å². The van der Waals surface area contributed by atoms with E-state index in [2.05, 4.69) is 72.9 Å². The fourth-order valence-corrected chi connectivity index (χ4v) is 6.10. The number of hydrogen-bond donors (Lipinski definition) is 2. The van der Waals surface area contributed by atoms with E-state index in [0.717, 1.165) is 43.6 Å². The number of carbonyl (C=O) groups excluding carboxylic acids is 1. The molecule has 0 amide bonds. The molecule has 3 heteroatoms. The second kappa shape index (κ2) is 9.76. The molecule has 1 unspecified atom stereocenters. The molecule has 3 N–H and O–H groups in total. The van der Waals surface area contributed by atoms with Gasteiger partial charge in [-0.1, -0.05) is 79.8 Å². The highest BCUT2D eigenvalue weighted by molar-refractivity contribution is 6.05. The molecule has 0 radical (unpaired) electrons. The van der Waals surface area contributed by atoms with Gasteiger partial charge in [-0.3, -0.25) is 4.79 Å². The van der Waals surface area contributed by atoms with Gasteiger partial charge in [0.1, 0.15) is 0 Å². The van der Waals surface area contributed by atoms with Crippen molar-refractivity contribution in [2.75, 3.05) is 18.4 Å². The first kappa shape index (κ1) is 22.9. The fraction of sp³-hybridized carbons (Fsp3) is 0.387. The van der Waals surface area contributed by atoms with Crippen molar-refractivity contribution in [2.45, 2.75) is 63.7 Å². The zero-order valence-corrected chi connectivity index (χ0v) is 20.3. The highest BCUT2D eigenvalue weighted by Crippen LogP contribution is 2.53. The van der Waals surface area contributed by atoms with E-state index in [1.165, 1.54) is 59.1 Å². The molecule has 0 saturated carbocycles. The molecule has 0 heterocycles. The summed E-state index contributed by atoms with van der Waals surface area (Å²) in [5.41, 5.74) is 14.9. The van der Waals surface area contributed by atoms with Gasteiger partial charge in [-0.25, -0.2) is 0 Å². The lowest BCUT2D eigenvalue weighted by Gasteiger charge is -2.38. The van der Waals surface area contributed by atoms with Crippen LogP contribution in [0.3, 0.4) is 0 Å². The SMILES string of the molecule is Cc1ccc2c(c1)Cc1ccccc1C21CC(=O)c2cc(NCCCCCCCCN)ccc21. The Balaban J connectivity index is 1.40. The number of Topliss-reactive ketones (excluding diaryl/α,β-unsaturated/α-hetero) is 1. The second-order valence-electron chi connectivity index (χ2n) is 10.1. The number of benzene rings is 3. The minimum Gasteiger partial charge on any atom is -0.385 e. The lowest BCUT2D eigenvalue weighted by atomic mass is 9.63. The smallest absolute Gasteiger partial charge is 0.164 e. The van der Waals surface area contributed by atoms with E-state index in [9.17, 15) is 4.79 Å². The number of aryl methyl sites for hydroxylation is 1. The zero-order valence-electron chi connectivity index (χ0n) is 20.3. The molecule has 3 aromatic rings. The molecule has 1 atom stereocenters. The third-order valence-electron chi connectivity index (χ3n) is 7.74. The van der Waals surface area contributed by atoms with Crippen molar-refractivity contribution in [3.8, 4) is 0 Å². The van der Waals surface area contributed by atoms with Gasteiger partial charge in [-0.05, 0) is 72.7 Å². The Morgan fingerprint density at radius 3 is 2.41 bits per heavy atom. The quantitative estimate of drug-likeness (QED) is 0.363. The Kier molecular flexibility index (Phi) is 6.56. The Morgan fingerprint density at radius 2 is 1.56 bits per heavy atom. The summed E-state index contributed by atoms with van der Waals surface area (Å²) in [5, 5.41) is 3.56. The molecule has 176 valence electrons. The topological polar surface area (TPSA) is 55.1 Å². The van der Waals surface area contributed by atoms with Crippen LogP contribution >= 0.6 is 0 Å². The summed E-state index contributed by atoms with van der Waals surface area (Å²) in [6.07, 6.45) is 8.75. The Labute approximate surface area is 203 Å². The predicted molar refractivity (Wildman–Crippen MR) is 141 cm³/mol. The third-order valence-corrected chi connectivity index (χ3v) is 7.74. The lowest BCUT2D eigenvalue weighted by Crippen LogP contribution is -2.33. The number of hydrogen-bond acceptors (Lipinski definition) is 3. The first-order chi connectivity index (χ1) is 16.6. The van der Waals surface area contributed by atoms with Crippen LogP contribution < -0.4 is 11.1 Å². The number of ketones is 1. The van der Waals surface area contributed by atoms with Crippen molar-refractivity contribution in [1.82, 2.24) is 0 Å². The predicted octanol–water partition coefficient (Wildman–Crippen LogP) is 6.53. The van der Waals surface area contributed by atoms with Crippen molar-refractivity contribution in [2.24, 2.45) is 5.73 Å². The summed E-state index contributed by atoms with van der Waals surface area (Å²) in [5.74, 6) is 0.252. The van der Waals surface area contributed by atoms with Gasteiger partial charge in [-0.15, -0.1) is 0 Å². The van der Waals surface area contributed by atoms with Gasteiger partial charge in [0, 0.05) is 24.2 Å². The van der Waals surface area contributed by atoms with Crippen molar-refractivity contribution in [1.29, 1.82) is 0 Å². The lowest BCUT2D eigenvalue weighted by molar-refractivity contribution is 0.0984. The number of nitrogens with two attached hydrogens (primary N) is 1. The zero-order chi connectivity index (χ0) is 23.5. The van der Waals surface area contributed by atoms with Crippen LogP contribution in [0.5, 0.6) is 0 Å². The van der Waals surface area contributed by atoms with Gasteiger partial charge >= 0.3 is 0 Å². The highest BCUT2D eigenvalue weighted by atomic mass is 16.1. The van der Waals surface area contributed by atoms with Crippen LogP contribution in [0.1, 0.15) is 88.7 Å². The molecule has 2 aliphatic rings. The minimum atomic E-state index is -0.369. The summed E-state index contributed by atoms with van der Waals surface area (Å²) < 4.78 is 0. The molecular weight excluding hydrogens is 416 g/mol. The molecule has 0 fully saturated rings. The van der Waals surface area contributed by atoms with Gasteiger partial charge in [0.15, 0.2) is 5.78 Å². The molecule has 34 heavy (non-hydrogen) atoms. The molecule has 3 aromatic carbocycles. The minimum absolute atomic E-state index is 0.252. The monoisotopic (exact) mass is 452 g/mol. The van der Waals surface area contributed by atoms with Gasteiger partial charge in [-0.2, -0.15) is 0 Å². The number of unbranched alkanes of at least 4 members (excludes halogenated alkanes) is 5. The molecule has 3 nitrogen and oxygen atoms in total. The van der Waals surface area contributed by atoms with Crippen molar-refractivity contribution >= 4 is 11.5 Å². The van der Waals surface area contributed by atoms with Crippen LogP contribution in [0.25, 0.3) is 0 Å². The molecule has 0 saturated heterocycles.